The van der Waals surface area contributed by atoms with E-state index in [-0.39, 0.29) is 36.9 Å². The molecule has 142 valence electrons. The lowest BCUT2D eigenvalue weighted by molar-refractivity contribution is -0.297. The smallest absolute Gasteiger partial charge is 0.417 e. The van der Waals surface area contributed by atoms with Gasteiger partial charge in [0.05, 0.1) is 6.10 Å². The molecule has 25 heavy (non-hydrogen) atoms. The summed E-state index contributed by atoms with van der Waals surface area (Å²) in [6.07, 6.45) is -0.621. The zero-order chi connectivity index (χ0) is 18.4. The fourth-order valence-electron chi connectivity index (χ4n) is 4.83. The molecule has 7 atom stereocenters. The van der Waals surface area contributed by atoms with Crippen LogP contribution in [0.1, 0.15) is 19.8 Å². The van der Waals surface area contributed by atoms with Crippen LogP contribution in [0.4, 0.5) is 13.2 Å². The molecule has 8 heteroatoms. The average Bonchev–Trinajstić information content (AvgIpc) is 3.22. The minimum atomic E-state index is -4.72. The number of fused-ring (bicyclic) bond motifs is 5. The van der Waals surface area contributed by atoms with Crippen molar-refractivity contribution in [3.8, 4) is 0 Å². The van der Waals surface area contributed by atoms with Crippen LogP contribution in [0.15, 0.2) is 12.2 Å². The Morgan fingerprint density at radius 2 is 1.92 bits per heavy atom. The quantitative estimate of drug-likeness (QED) is 0.445. The number of aliphatic hydroxyl groups is 1. The highest BCUT2D eigenvalue weighted by Crippen LogP contribution is 2.60. The van der Waals surface area contributed by atoms with Crippen LogP contribution in [-0.2, 0) is 19.0 Å². The van der Waals surface area contributed by atoms with E-state index in [1.54, 1.807) is 0 Å². The molecule has 2 fully saturated rings. The van der Waals surface area contributed by atoms with Crippen LogP contribution in [-0.4, -0.2) is 49.5 Å². The number of carbonyl (C=O) groups excluding carboxylic acids is 1. The molecule has 0 aromatic rings. The summed E-state index contributed by atoms with van der Waals surface area (Å²) in [4.78, 5) is 11.5. The van der Waals surface area contributed by atoms with Gasteiger partial charge in [-0.2, -0.15) is 13.2 Å². The second-order valence-electron chi connectivity index (χ2n) is 7.34. The molecule has 2 bridgehead atoms. The molecule has 0 aliphatic heterocycles. The van der Waals surface area contributed by atoms with Gasteiger partial charge in [0.1, 0.15) is 6.61 Å². The molecule has 0 heterocycles. The number of hydrogen-bond donors (Lipinski definition) is 1. The highest BCUT2D eigenvalue weighted by Gasteiger charge is 2.66. The van der Waals surface area contributed by atoms with Gasteiger partial charge >= 0.3 is 12.1 Å². The summed E-state index contributed by atoms with van der Waals surface area (Å²) in [6, 6.07) is 0. The van der Waals surface area contributed by atoms with Crippen molar-refractivity contribution in [2.45, 2.75) is 37.6 Å². The van der Waals surface area contributed by atoms with Crippen LogP contribution < -0.4 is 0 Å². The third-order valence-corrected chi connectivity index (χ3v) is 6.12. The Hall–Kier alpha value is -1.12. The number of carbonyl (C=O) groups is 1. The molecule has 5 nitrogen and oxygen atoms in total. The monoisotopic (exact) mass is 364 g/mol. The lowest BCUT2D eigenvalue weighted by atomic mass is 9.81. The van der Waals surface area contributed by atoms with E-state index in [9.17, 15) is 23.1 Å². The minimum absolute atomic E-state index is 0.0423. The fraction of sp³-hybridized carbons (Fsp3) is 0.824. The van der Waals surface area contributed by atoms with Crippen LogP contribution in [0.25, 0.3) is 0 Å². The molecule has 2 saturated carbocycles. The second-order valence-corrected chi connectivity index (χ2v) is 7.34. The van der Waals surface area contributed by atoms with Crippen LogP contribution in [0.3, 0.4) is 0 Å². The molecule has 0 radical (unpaired) electrons. The topological polar surface area (TPSA) is 65.0 Å². The molecule has 3 aliphatic rings. The predicted octanol–water partition coefficient (Wildman–Crippen LogP) is 2.29. The van der Waals surface area contributed by atoms with E-state index in [4.69, 9.17) is 4.74 Å². The summed E-state index contributed by atoms with van der Waals surface area (Å²) in [7, 11) is 1.30. The summed E-state index contributed by atoms with van der Waals surface area (Å²) in [5, 5.41) is 10.6. The summed E-state index contributed by atoms with van der Waals surface area (Å²) in [6.45, 7) is -0.278. The van der Waals surface area contributed by atoms with E-state index >= 15 is 0 Å². The number of ether oxygens (including phenoxy) is 3. The Balaban J connectivity index is 1.74. The number of halogens is 3. The molecule has 0 aromatic heterocycles. The van der Waals surface area contributed by atoms with Gasteiger partial charge in [0.15, 0.2) is 12.4 Å². The molecule has 3 rings (SSSR count). The zero-order valence-corrected chi connectivity index (χ0v) is 14.2. The van der Waals surface area contributed by atoms with Crippen LogP contribution in [0.5, 0.6) is 0 Å². The van der Waals surface area contributed by atoms with Crippen LogP contribution in [0.2, 0.25) is 0 Å². The van der Waals surface area contributed by atoms with Crippen molar-refractivity contribution < 1.29 is 37.3 Å². The Morgan fingerprint density at radius 3 is 2.52 bits per heavy atom. The summed E-state index contributed by atoms with van der Waals surface area (Å²) >= 11 is 0. The normalized spacial score (nSPS) is 38.6. The number of alkyl halides is 3. The van der Waals surface area contributed by atoms with Gasteiger partial charge < -0.3 is 19.3 Å². The Labute approximate surface area is 144 Å². The largest absolute Gasteiger partial charge is 0.437 e. The maximum Gasteiger partial charge on any atom is 0.417 e. The molecule has 0 saturated heterocycles. The number of methoxy groups -OCH3 is 1. The van der Waals surface area contributed by atoms with E-state index in [0.29, 0.717) is 0 Å². The molecule has 0 aromatic carbocycles. The van der Waals surface area contributed by atoms with Gasteiger partial charge in [-0.05, 0) is 43.4 Å². The molecule has 3 aliphatic carbocycles. The first-order valence-electron chi connectivity index (χ1n) is 8.40. The lowest BCUT2D eigenvalue weighted by Crippen LogP contribution is -2.54. The number of rotatable bonds is 6. The van der Waals surface area contributed by atoms with Crippen molar-refractivity contribution in [1.82, 2.24) is 0 Å². The fourth-order valence-corrected chi connectivity index (χ4v) is 4.83. The molecule has 7 unspecified atom stereocenters. The standard InChI is InChI=1S/C17H23F3O5/c1-16(17(18,19)20,25-7-13(21)24-8-23-2)12-6-11-9-3-4-10(5-9)14(11)15(12)22/h3-4,9-12,14-15,22H,5-8H2,1-2H3. The van der Waals surface area contributed by atoms with Crippen molar-refractivity contribution in [2.24, 2.45) is 29.6 Å². The third kappa shape index (κ3) is 3.08. The van der Waals surface area contributed by atoms with Crippen molar-refractivity contribution in [2.75, 3.05) is 20.5 Å². The number of allylic oxidation sites excluding steroid dienone is 2. The average molecular weight is 364 g/mol. The SMILES string of the molecule is COCOC(=O)COC(C)(C1CC2C3C=CC(C3)C2C1O)C(F)(F)F. The summed E-state index contributed by atoms with van der Waals surface area (Å²) in [5.74, 6) is -1.79. The molecule has 0 amide bonds. The van der Waals surface area contributed by atoms with Gasteiger partial charge in [-0.15, -0.1) is 0 Å². The van der Waals surface area contributed by atoms with E-state index in [0.717, 1.165) is 13.3 Å². The molecule has 0 spiro atoms. The maximum atomic E-state index is 13.8. The Bertz CT molecular complexity index is 549. The summed E-state index contributed by atoms with van der Waals surface area (Å²) < 4.78 is 55.5. The van der Waals surface area contributed by atoms with Gasteiger partial charge in [-0.1, -0.05) is 12.2 Å². The Kier molecular flexibility index (Phi) is 4.89. The highest BCUT2D eigenvalue weighted by atomic mass is 19.4. The minimum Gasteiger partial charge on any atom is -0.437 e. The van der Waals surface area contributed by atoms with Crippen molar-refractivity contribution in [1.29, 1.82) is 0 Å². The van der Waals surface area contributed by atoms with E-state index < -0.39 is 36.4 Å². The lowest BCUT2D eigenvalue weighted by Gasteiger charge is -2.39. The predicted molar refractivity (Wildman–Crippen MR) is 80.2 cm³/mol. The maximum absolute atomic E-state index is 13.8. The van der Waals surface area contributed by atoms with Crippen molar-refractivity contribution in [3.05, 3.63) is 12.2 Å². The van der Waals surface area contributed by atoms with Gasteiger partial charge in [0.25, 0.3) is 0 Å². The number of hydrogen-bond acceptors (Lipinski definition) is 5. The van der Waals surface area contributed by atoms with Crippen LogP contribution >= 0.6 is 0 Å². The highest BCUT2D eigenvalue weighted by molar-refractivity contribution is 5.70. The zero-order valence-electron chi connectivity index (χ0n) is 14.2. The first kappa shape index (κ1) is 18.7. The Morgan fingerprint density at radius 1 is 1.24 bits per heavy atom. The molecule has 1 N–H and O–H groups in total. The first-order valence-corrected chi connectivity index (χ1v) is 8.40. The first-order chi connectivity index (χ1) is 11.7. The molecular formula is C17H23F3O5. The molecular weight excluding hydrogens is 341 g/mol. The van der Waals surface area contributed by atoms with E-state index in [2.05, 4.69) is 15.5 Å². The number of aliphatic hydroxyl groups excluding tert-OH is 1. The number of esters is 1. The van der Waals surface area contributed by atoms with Crippen molar-refractivity contribution >= 4 is 5.97 Å². The third-order valence-electron chi connectivity index (χ3n) is 6.12. The summed E-state index contributed by atoms with van der Waals surface area (Å²) in [5.41, 5.74) is -2.61. The van der Waals surface area contributed by atoms with Gasteiger partial charge in [-0.25, -0.2) is 4.79 Å². The second kappa shape index (κ2) is 6.55. The van der Waals surface area contributed by atoms with Gasteiger partial charge in [0.2, 0.25) is 0 Å². The van der Waals surface area contributed by atoms with E-state index in [1.165, 1.54) is 7.11 Å². The van der Waals surface area contributed by atoms with E-state index in [1.807, 2.05) is 6.08 Å². The van der Waals surface area contributed by atoms with Gasteiger partial charge in [-0.3, -0.25) is 0 Å². The van der Waals surface area contributed by atoms with Crippen molar-refractivity contribution in [3.63, 3.8) is 0 Å². The van der Waals surface area contributed by atoms with Crippen LogP contribution in [0, 0.1) is 29.6 Å². The van der Waals surface area contributed by atoms with Gasteiger partial charge in [0, 0.05) is 13.0 Å².